The molecular weight excluding hydrogens is 477 g/mol. The lowest BCUT2D eigenvalue weighted by atomic mass is 10.1. The maximum Gasteiger partial charge on any atom is 0.191 e. The van der Waals surface area contributed by atoms with Gasteiger partial charge >= 0.3 is 0 Å². The summed E-state index contributed by atoms with van der Waals surface area (Å²) in [5, 5.41) is 6.81. The molecule has 0 amide bonds. The molecule has 3 heterocycles. The number of rotatable bonds is 8. The predicted octanol–water partition coefficient (Wildman–Crippen LogP) is 3.93. The Balaban J connectivity index is 0.00000300. The lowest BCUT2D eigenvalue weighted by molar-refractivity contribution is 0.150. The summed E-state index contributed by atoms with van der Waals surface area (Å²) in [6.07, 6.45) is 8.46. The first-order chi connectivity index (χ1) is 13.8. The minimum Gasteiger partial charge on any atom is -0.468 e. The van der Waals surface area contributed by atoms with E-state index in [0.717, 1.165) is 50.0 Å². The van der Waals surface area contributed by atoms with Crippen molar-refractivity contribution in [2.24, 2.45) is 4.99 Å². The second kappa shape index (κ2) is 12.8. The molecule has 0 radical (unpaired) electrons. The maximum atomic E-state index is 5.73. The van der Waals surface area contributed by atoms with E-state index < -0.39 is 0 Å². The molecule has 0 aliphatic carbocycles. The lowest BCUT2D eigenvalue weighted by Crippen LogP contribution is -2.40. The van der Waals surface area contributed by atoms with Crippen molar-refractivity contribution in [3.63, 3.8) is 0 Å². The molecule has 6 nitrogen and oxygen atoms in total. The normalized spacial score (nSPS) is 16.1. The zero-order chi connectivity index (χ0) is 19.6. The number of nitrogens with one attached hydrogen (secondary N) is 2. The molecule has 0 bridgehead atoms. The molecule has 1 fully saturated rings. The van der Waals surface area contributed by atoms with Crippen LogP contribution in [0, 0.1) is 6.92 Å². The van der Waals surface area contributed by atoms with Crippen molar-refractivity contribution in [2.45, 2.75) is 45.6 Å². The van der Waals surface area contributed by atoms with Gasteiger partial charge in [0, 0.05) is 25.0 Å². The highest BCUT2D eigenvalue weighted by atomic mass is 127. The molecule has 1 atom stereocenters. The van der Waals surface area contributed by atoms with Crippen LogP contribution < -0.4 is 10.6 Å². The molecule has 0 saturated carbocycles. The Morgan fingerprint density at radius 2 is 2.03 bits per heavy atom. The molecule has 0 aromatic carbocycles. The van der Waals surface area contributed by atoms with E-state index in [1.54, 1.807) is 6.26 Å². The van der Waals surface area contributed by atoms with E-state index in [1.165, 1.54) is 24.8 Å². The van der Waals surface area contributed by atoms with Crippen LogP contribution in [-0.2, 0) is 6.42 Å². The standard InChI is InChI=1S/C22H33N5O.HI/c1-3-23-22(24-12-11-19-10-9-18(2)25-16-19)26-17-20(21-8-7-15-28-21)27-13-5-4-6-14-27;/h7-10,15-16,20H,3-6,11-14,17H2,1-2H3,(H2,23,24,26);1H. The molecule has 1 saturated heterocycles. The fourth-order valence-corrected chi connectivity index (χ4v) is 3.59. The summed E-state index contributed by atoms with van der Waals surface area (Å²) >= 11 is 0. The maximum absolute atomic E-state index is 5.73. The Bertz CT molecular complexity index is 711. The van der Waals surface area contributed by atoms with E-state index in [9.17, 15) is 0 Å². The van der Waals surface area contributed by atoms with Crippen LogP contribution in [0.1, 0.15) is 49.2 Å². The van der Waals surface area contributed by atoms with Crippen molar-refractivity contribution < 1.29 is 4.42 Å². The fraction of sp³-hybridized carbons (Fsp3) is 0.545. The van der Waals surface area contributed by atoms with Crippen LogP contribution in [-0.4, -0.2) is 48.6 Å². The molecule has 160 valence electrons. The zero-order valence-corrected chi connectivity index (χ0v) is 19.9. The molecule has 3 rings (SSSR count). The van der Waals surface area contributed by atoms with E-state index in [4.69, 9.17) is 9.41 Å². The van der Waals surface area contributed by atoms with Crippen molar-refractivity contribution >= 4 is 29.9 Å². The fourth-order valence-electron chi connectivity index (χ4n) is 3.59. The smallest absolute Gasteiger partial charge is 0.191 e. The first-order valence-electron chi connectivity index (χ1n) is 10.5. The number of halogens is 1. The monoisotopic (exact) mass is 511 g/mol. The number of likely N-dealkylation sites (tertiary alicyclic amines) is 1. The van der Waals surface area contributed by atoms with Gasteiger partial charge in [0.1, 0.15) is 5.76 Å². The van der Waals surface area contributed by atoms with Gasteiger partial charge in [-0.2, -0.15) is 0 Å². The highest BCUT2D eigenvalue weighted by Gasteiger charge is 2.24. The average Bonchev–Trinajstić information content (AvgIpc) is 3.25. The van der Waals surface area contributed by atoms with Gasteiger partial charge in [0.15, 0.2) is 5.96 Å². The van der Waals surface area contributed by atoms with E-state index in [1.807, 2.05) is 19.2 Å². The SMILES string of the molecule is CCNC(=NCC(c1ccco1)N1CCCCC1)NCCc1ccc(C)nc1.I. The predicted molar refractivity (Wildman–Crippen MR) is 129 cm³/mol. The molecular formula is C22H34IN5O. The average molecular weight is 511 g/mol. The van der Waals surface area contributed by atoms with Crippen LogP contribution in [0.25, 0.3) is 0 Å². The molecule has 0 spiro atoms. The molecule has 29 heavy (non-hydrogen) atoms. The minimum absolute atomic E-state index is 0. The van der Waals surface area contributed by atoms with E-state index in [-0.39, 0.29) is 30.0 Å². The lowest BCUT2D eigenvalue weighted by Gasteiger charge is -2.32. The summed E-state index contributed by atoms with van der Waals surface area (Å²) in [5.74, 6) is 1.86. The first kappa shape index (κ1) is 23.7. The van der Waals surface area contributed by atoms with Gasteiger partial charge in [0.2, 0.25) is 0 Å². The van der Waals surface area contributed by atoms with Gasteiger partial charge in [0.05, 0.1) is 18.8 Å². The Labute approximate surface area is 191 Å². The first-order valence-corrected chi connectivity index (χ1v) is 10.5. The van der Waals surface area contributed by atoms with Gasteiger partial charge in [0.25, 0.3) is 0 Å². The van der Waals surface area contributed by atoms with Crippen LogP contribution in [0.15, 0.2) is 46.1 Å². The molecule has 2 N–H and O–H groups in total. The van der Waals surface area contributed by atoms with Crippen molar-refractivity contribution in [2.75, 3.05) is 32.7 Å². The molecule has 1 unspecified atom stereocenters. The number of piperidine rings is 1. The number of aryl methyl sites for hydroxylation is 1. The van der Waals surface area contributed by atoms with Crippen molar-refractivity contribution in [1.82, 2.24) is 20.5 Å². The Morgan fingerprint density at radius 3 is 2.69 bits per heavy atom. The van der Waals surface area contributed by atoms with Crippen molar-refractivity contribution in [1.29, 1.82) is 0 Å². The summed E-state index contributed by atoms with van der Waals surface area (Å²) in [5.41, 5.74) is 2.28. The van der Waals surface area contributed by atoms with E-state index >= 15 is 0 Å². The third kappa shape index (κ3) is 7.62. The van der Waals surface area contributed by atoms with E-state index in [2.05, 4.69) is 45.6 Å². The topological polar surface area (TPSA) is 65.7 Å². The zero-order valence-electron chi connectivity index (χ0n) is 17.6. The third-order valence-electron chi connectivity index (χ3n) is 5.15. The van der Waals surface area contributed by atoms with Gasteiger partial charge in [-0.25, -0.2) is 0 Å². The van der Waals surface area contributed by atoms with Crippen molar-refractivity contribution in [3.8, 4) is 0 Å². The Morgan fingerprint density at radius 1 is 1.21 bits per heavy atom. The van der Waals surface area contributed by atoms with Gasteiger partial charge in [-0.1, -0.05) is 12.5 Å². The van der Waals surface area contributed by atoms with Gasteiger partial charge in [-0.05, 0) is 70.0 Å². The summed E-state index contributed by atoms with van der Waals surface area (Å²) in [4.78, 5) is 11.7. The van der Waals surface area contributed by atoms with Crippen LogP contribution >= 0.6 is 24.0 Å². The number of aromatic nitrogens is 1. The van der Waals surface area contributed by atoms with Gasteiger partial charge in [-0.3, -0.25) is 14.9 Å². The molecule has 2 aromatic rings. The number of furan rings is 1. The minimum atomic E-state index is 0. The molecule has 1 aliphatic rings. The molecule has 1 aliphatic heterocycles. The molecule has 7 heteroatoms. The summed E-state index contributed by atoms with van der Waals surface area (Å²) < 4.78 is 5.73. The number of hydrogen-bond donors (Lipinski definition) is 2. The summed E-state index contributed by atoms with van der Waals surface area (Å²) in [7, 11) is 0. The van der Waals surface area contributed by atoms with Crippen LogP contribution in [0.3, 0.4) is 0 Å². The highest BCUT2D eigenvalue weighted by molar-refractivity contribution is 14.0. The van der Waals surface area contributed by atoms with Gasteiger partial charge in [-0.15, -0.1) is 24.0 Å². The Hall–Kier alpha value is -1.61. The quantitative estimate of drug-likeness (QED) is 0.320. The highest BCUT2D eigenvalue weighted by Crippen LogP contribution is 2.25. The van der Waals surface area contributed by atoms with Crippen LogP contribution in [0.4, 0.5) is 0 Å². The Kier molecular flexibility index (Phi) is 10.5. The number of pyridine rings is 1. The number of nitrogens with zero attached hydrogens (tertiary/aromatic N) is 3. The summed E-state index contributed by atoms with van der Waals surface area (Å²) in [6.45, 7) is 8.69. The number of aliphatic imine (C=N–C) groups is 1. The van der Waals surface area contributed by atoms with Gasteiger partial charge < -0.3 is 15.1 Å². The van der Waals surface area contributed by atoms with Crippen LogP contribution in [0.2, 0.25) is 0 Å². The number of hydrogen-bond acceptors (Lipinski definition) is 4. The summed E-state index contributed by atoms with van der Waals surface area (Å²) in [6, 6.07) is 8.43. The van der Waals surface area contributed by atoms with Crippen molar-refractivity contribution in [3.05, 3.63) is 53.7 Å². The van der Waals surface area contributed by atoms with E-state index in [0.29, 0.717) is 6.54 Å². The largest absolute Gasteiger partial charge is 0.468 e. The second-order valence-electron chi connectivity index (χ2n) is 7.33. The third-order valence-corrected chi connectivity index (χ3v) is 5.15. The second-order valence-corrected chi connectivity index (χ2v) is 7.33. The number of guanidine groups is 1. The van der Waals surface area contributed by atoms with Crippen LogP contribution in [0.5, 0.6) is 0 Å². The molecule has 2 aromatic heterocycles.